The van der Waals surface area contributed by atoms with Crippen LogP contribution in [0.5, 0.6) is 0 Å². The highest BCUT2D eigenvalue weighted by molar-refractivity contribution is 5.91. The smallest absolute Gasteiger partial charge is 0.316 e. The number of fused-ring (bicyclic) bond motifs is 2. The second kappa shape index (κ2) is 3.10. The fraction of sp³-hybridized carbons (Fsp3) is 0.778. The van der Waals surface area contributed by atoms with Crippen LogP contribution in [0.4, 0.5) is 0 Å². The van der Waals surface area contributed by atoms with Crippen molar-refractivity contribution in [3.63, 3.8) is 0 Å². The number of hydrogen-bond acceptors (Lipinski definition) is 4. The van der Waals surface area contributed by atoms with Crippen LogP contribution in [-0.2, 0) is 19.1 Å². The Bertz CT molecular complexity index is 226. The topological polar surface area (TPSA) is 52.6 Å². The second-order valence-corrected chi connectivity index (χ2v) is 3.70. The van der Waals surface area contributed by atoms with Crippen molar-refractivity contribution in [2.45, 2.75) is 25.4 Å². The molecule has 4 nitrogen and oxygen atoms in total. The number of methoxy groups -OCH3 is 1. The summed E-state index contributed by atoms with van der Waals surface area (Å²) in [5.41, 5.74) is 0. The number of hydrogen-bond donors (Lipinski definition) is 0. The third kappa shape index (κ3) is 1.46. The summed E-state index contributed by atoms with van der Waals surface area (Å²) in [7, 11) is 1.61. The molecule has 13 heavy (non-hydrogen) atoms. The minimum Gasteiger partial charge on any atom is -0.393 e. The first-order chi connectivity index (χ1) is 6.20. The summed E-state index contributed by atoms with van der Waals surface area (Å²) < 4.78 is 9.78. The van der Waals surface area contributed by atoms with Crippen molar-refractivity contribution in [3.8, 4) is 0 Å². The van der Waals surface area contributed by atoms with Crippen LogP contribution in [0.2, 0.25) is 0 Å². The molecule has 0 aromatic rings. The summed E-state index contributed by atoms with van der Waals surface area (Å²) in [6, 6.07) is 0. The van der Waals surface area contributed by atoms with Crippen LogP contribution < -0.4 is 0 Å². The molecular weight excluding hydrogens is 172 g/mol. The zero-order valence-corrected chi connectivity index (χ0v) is 7.49. The predicted octanol–water partition coefficient (Wildman–Crippen LogP) is 0.501. The average Bonchev–Trinajstić information content (AvgIpc) is 2.15. The van der Waals surface area contributed by atoms with Crippen LogP contribution >= 0.6 is 0 Å². The first-order valence-corrected chi connectivity index (χ1v) is 4.49. The molecular formula is C9H12O4. The molecule has 2 unspecified atom stereocenters. The number of ether oxygens (including phenoxy) is 2. The number of esters is 2. The van der Waals surface area contributed by atoms with E-state index in [1.807, 2.05) is 0 Å². The van der Waals surface area contributed by atoms with Gasteiger partial charge in [0.2, 0.25) is 0 Å². The number of cyclic esters (lactones) is 2. The standard InChI is InChI=1S/C9H12O4/c1-12-7-3-5-2-6(4-7)9(11)13-8(5)10/h5-7H,2-4H2,1H3. The normalized spacial score (nSPS) is 38.7. The molecule has 1 saturated carbocycles. The zero-order chi connectivity index (χ0) is 9.42. The molecule has 1 heterocycles. The molecule has 2 rings (SSSR count). The van der Waals surface area contributed by atoms with Gasteiger partial charge in [-0.25, -0.2) is 0 Å². The Labute approximate surface area is 76.2 Å². The second-order valence-electron chi connectivity index (χ2n) is 3.70. The van der Waals surface area contributed by atoms with Gasteiger partial charge in [-0.05, 0) is 19.3 Å². The summed E-state index contributed by atoms with van der Waals surface area (Å²) in [5.74, 6) is -0.992. The Morgan fingerprint density at radius 2 is 1.69 bits per heavy atom. The number of carbonyl (C=O) groups is 2. The molecule has 72 valence electrons. The summed E-state index contributed by atoms with van der Waals surface area (Å²) in [6.07, 6.45) is 2.08. The van der Waals surface area contributed by atoms with E-state index in [0.29, 0.717) is 19.3 Å². The van der Waals surface area contributed by atoms with Crippen LogP contribution in [0.25, 0.3) is 0 Å². The SMILES string of the molecule is COC1CC2CC(C1)C(=O)OC2=O. The van der Waals surface area contributed by atoms with Crippen LogP contribution in [0.15, 0.2) is 0 Å². The minimum absolute atomic E-state index is 0.0422. The van der Waals surface area contributed by atoms with Crippen LogP contribution in [0.3, 0.4) is 0 Å². The Kier molecular flexibility index (Phi) is 2.07. The highest BCUT2D eigenvalue weighted by Crippen LogP contribution is 2.35. The first kappa shape index (κ1) is 8.69. The molecule has 1 aliphatic carbocycles. The molecule has 0 aromatic carbocycles. The van der Waals surface area contributed by atoms with Gasteiger partial charge in [0.05, 0.1) is 17.9 Å². The lowest BCUT2D eigenvalue weighted by atomic mass is 9.78. The van der Waals surface area contributed by atoms with Crippen molar-refractivity contribution in [1.29, 1.82) is 0 Å². The van der Waals surface area contributed by atoms with Crippen molar-refractivity contribution >= 4 is 11.9 Å². The quantitative estimate of drug-likeness (QED) is 0.440. The molecule has 2 atom stereocenters. The van der Waals surface area contributed by atoms with E-state index in [-0.39, 0.29) is 29.9 Å². The van der Waals surface area contributed by atoms with Gasteiger partial charge in [0.25, 0.3) is 0 Å². The Morgan fingerprint density at radius 3 is 2.15 bits per heavy atom. The number of rotatable bonds is 1. The predicted molar refractivity (Wildman–Crippen MR) is 42.7 cm³/mol. The Morgan fingerprint density at radius 1 is 1.15 bits per heavy atom. The highest BCUT2D eigenvalue weighted by Gasteiger charge is 2.43. The highest BCUT2D eigenvalue weighted by atomic mass is 16.6. The van der Waals surface area contributed by atoms with Crippen molar-refractivity contribution in [1.82, 2.24) is 0 Å². The molecule has 0 aromatic heterocycles. The van der Waals surface area contributed by atoms with Gasteiger partial charge in [0.15, 0.2) is 0 Å². The zero-order valence-electron chi connectivity index (χ0n) is 7.49. The molecule has 0 N–H and O–H groups in total. The molecule has 0 spiro atoms. The molecule has 1 aliphatic heterocycles. The van der Waals surface area contributed by atoms with Crippen LogP contribution in [0, 0.1) is 11.8 Å². The fourth-order valence-corrected chi connectivity index (χ4v) is 2.11. The van der Waals surface area contributed by atoms with Crippen molar-refractivity contribution in [2.75, 3.05) is 7.11 Å². The van der Waals surface area contributed by atoms with Gasteiger partial charge in [-0.1, -0.05) is 0 Å². The van der Waals surface area contributed by atoms with Crippen molar-refractivity contribution in [3.05, 3.63) is 0 Å². The molecule has 1 saturated heterocycles. The first-order valence-electron chi connectivity index (χ1n) is 4.49. The lowest BCUT2D eigenvalue weighted by Crippen LogP contribution is -2.42. The molecule has 4 heteroatoms. The monoisotopic (exact) mass is 184 g/mol. The molecule has 0 amide bonds. The van der Waals surface area contributed by atoms with Gasteiger partial charge >= 0.3 is 11.9 Å². The largest absolute Gasteiger partial charge is 0.393 e. The van der Waals surface area contributed by atoms with Crippen molar-refractivity contribution < 1.29 is 19.1 Å². The maximum Gasteiger partial charge on any atom is 0.316 e. The maximum absolute atomic E-state index is 11.2. The lowest BCUT2D eigenvalue weighted by molar-refractivity contribution is -0.178. The third-order valence-electron chi connectivity index (χ3n) is 2.87. The van der Waals surface area contributed by atoms with E-state index in [1.165, 1.54) is 0 Å². The van der Waals surface area contributed by atoms with Crippen LogP contribution in [-0.4, -0.2) is 25.2 Å². The van der Waals surface area contributed by atoms with Gasteiger partial charge in [-0.3, -0.25) is 9.59 Å². The van der Waals surface area contributed by atoms with E-state index in [2.05, 4.69) is 4.74 Å². The fourth-order valence-electron chi connectivity index (χ4n) is 2.11. The molecule has 0 radical (unpaired) electrons. The summed E-state index contributed by atoms with van der Waals surface area (Å²) in [6.45, 7) is 0. The van der Waals surface area contributed by atoms with Gasteiger partial charge in [0, 0.05) is 7.11 Å². The molecule has 2 aliphatic rings. The third-order valence-corrected chi connectivity index (χ3v) is 2.87. The van der Waals surface area contributed by atoms with Crippen molar-refractivity contribution in [2.24, 2.45) is 11.8 Å². The van der Waals surface area contributed by atoms with E-state index >= 15 is 0 Å². The Balaban J connectivity index is 2.13. The van der Waals surface area contributed by atoms with E-state index in [1.54, 1.807) is 7.11 Å². The van der Waals surface area contributed by atoms with Gasteiger partial charge in [-0.15, -0.1) is 0 Å². The average molecular weight is 184 g/mol. The van der Waals surface area contributed by atoms with E-state index in [0.717, 1.165) is 0 Å². The Hall–Kier alpha value is -0.900. The van der Waals surface area contributed by atoms with Gasteiger partial charge in [-0.2, -0.15) is 0 Å². The van der Waals surface area contributed by atoms with Gasteiger partial charge < -0.3 is 9.47 Å². The van der Waals surface area contributed by atoms with E-state index in [4.69, 9.17) is 4.74 Å². The number of carbonyl (C=O) groups excluding carboxylic acids is 2. The van der Waals surface area contributed by atoms with Gasteiger partial charge in [0.1, 0.15) is 0 Å². The van der Waals surface area contributed by atoms with Crippen LogP contribution in [0.1, 0.15) is 19.3 Å². The molecule has 2 bridgehead atoms. The van der Waals surface area contributed by atoms with E-state index < -0.39 is 0 Å². The maximum atomic E-state index is 11.2. The minimum atomic E-state index is -0.372. The molecule has 2 fully saturated rings. The summed E-state index contributed by atoms with van der Waals surface area (Å²) in [4.78, 5) is 22.4. The lowest BCUT2D eigenvalue weighted by Gasteiger charge is -2.35. The summed E-state index contributed by atoms with van der Waals surface area (Å²) in [5, 5.41) is 0. The summed E-state index contributed by atoms with van der Waals surface area (Å²) >= 11 is 0. The van der Waals surface area contributed by atoms with E-state index in [9.17, 15) is 9.59 Å².